The molecule has 0 atom stereocenters. The van der Waals surface area contributed by atoms with Crippen LogP contribution in [-0.2, 0) is 7.05 Å². The lowest BCUT2D eigenvalue weighted by atomic mass is 10.1. The van der Waals surface area contributed by atoms with Crippen molar-refractivity contribution in [3.8, 4) is 11.3 Å². The van der Waals surface area contributed by atoms with Gasteiger partial charge in [0.05, 0.1) is 5.69 Å². The minimum Gasteiger partial charge on any atom is -0.340 e. The van der Waals surface area contributed by atoms with E-state index >= 15 is 0 Å². The zero-order valence-electron chi connectivity index (χ0n) is 10.9. The highest BCUT2D eigenvalue weighted by molar-refractivity contribution is 6.29. The van der Waals surface area contributed by atoms with Crippen LogP contribution in [0.2, 0.25) is 5.15 Å². The Balaban J connectivity index is 1.90. The van der Waals surface area contributed by atoms with Gasteiger partial charge in [0, 0.05) is 30.6 Å². The molecule has 0 aliphatic rings. The van der Waals surface area contributed by atoms with Crippen molar-refractivity contribution in [1.82, 2.24) is 14.8 Å². The first kappa shape index (κ1) is 12.7. The number of nitrogens with zero attached hydrogens (tertiary/aromatic N) is 3. The molecule has 20 heavy (non-hydrogen) atoms. The van der Waals surface area contributed by atoms with Crippen LogP contribution in [0.25, 0.3) is 11.3 Å². The Labute approximate surface area is 122 Å². The average Bonchev–Trinajstić information content (AvgIpc) is 2.81. The molecule has 0 aliphatic carbocycles. The predicted octanol–water partition coefficient (Wildman–Crippen LogP) is 3.88. The van der Waals surface area contributed by atoms with Crippen LogP contribution < -0.4 is 5.32 Å². The largest absolute Gasteiger partial charge is 0.340 e. The smallest absolute Gasteiger partial charge is 0.131 e. The standard InChI is InChI=1S/C15H13ClN4/c1-20-15(18-12-7-8-17-14(16)9-12)10-13(19-20)11-5-3-2-4-6-11/h2-10H,1H3,(H,17,18). The Morgan fingerprint density at radius 1 is 1.10 bits per heavy atom. The quantitative estimate of drug-likeness (QED) is 0.742. The predicted molar refractivity (Wildman–Crippen MR) is 81.2 cm³/mol. The van der Waals surface area contributed by atoms with Crippen molar-refractivity contribution in [2.75, 3.05) is 5.32 Å². The van der Waals surface area contributed by atoms with Crippen molar-refractivity contribution < 1.29 is 0 Å². The lowest BCUT2D eigenvalue weighted by Gasteiger charge is -2.05. The van der Waals surface area contributed by atoms with Gasteiger partial charge in [0.25, 0.3) is 0 Å². The third-order valence-corrected chi connectivity index (χ3v) is 3.16. The van der Waals surface area contributed by atoms with Gasteiger partial charge in [-0.3, -0.25) is 4.68 Å². The van der Waals surface area contributed by atoms with E-state index in [1.807, 2.05) is 49.5 Å². The highest BCUT2D eigenvalue weighted by atomic mass is 35.5. The lowest BCUT2D eigenvalue weighted by molar-refractivity contribution is 0.780. The minimum absolute atomic E-state index is 0.459. The number of halogens is 1. The molecule has 0 saturated carbocycles. The molecular formula is C15H13ClN4. The van der Waals surface area contributed by atoms with Crippen molar-refractivity contribution in [3.63, 3.8) is 0 Å². The number of hydrogen-bond donors (Lipinski definition) is 1. The van der Waals surface area contributed by atoms with Crippen LogP contribution in [0, 0.1) is 0 Å². The number of aromatic nitrogens is 3. The molecular weight excluding hydrogens is 272 g/mol. The van der Waals surface area contributed by atoms with Crippen LogP contribution >= 0.6 is 11.6 Å². The average molecular weight is 285 g/mol. The molecule has 1 aromatic carbocycles. The van der Waals surface area contributed by atoms with Crippen molar-refractivity contribution in [2.45, 2.75) is 0 Å². The maximum absolute atomic E-state index is 5.88. The number of benzene rings is 1. The van der Waals surface area contributed by atoms with Crippen LogP contribution in [0.1, 0.15) is 0 Å². The third-order valence-electron chi connectivity index (χ3n) is 2.95. The molecule has 3 rings (SSSR count). The molecule has 0 bridgehead atoms. The Morgan fingerprint density at radius 2 is 1.90 bits per heavy atom. The minimum atomic E-state index is 0.459. The van der Waals surface area contributed by atoms with E-state index in [4.69, 9.17) is 11.6 Å². The SMILES string of the molecule is Cn1nc(-c2ccccc2)cc1Nc1ccnc(Cl)c1. The second-order valence-corrected chi connectivity index (χ2v) is 4.78. The van der Waals surface area contributed by atoms with E-state index in [1.54, 1.807) is 16.9 Å². The van der Waals surface area contributed by atoms with Crippen LogP contribution in [0.3, 0.4) is 0 Å². The molecule has 0 spiro atoms. The molecule has 4 nitrogen and oxygen atoms in total. The van der Waals surface area contributed by atoms with Crippen LogP contribution in [0.4, 0.5) is 11.5 Å². The van der Waals surface area contributed by atoms with E-state index in [2.05, 4.69) is 15.4 Å². The molecule has 100 valence electrons. The Kier molecular flexibility index (Phi) is 3.39. The number of pyridine rings is 1. The van der Waals surface area contributed by atoms with Crippen molar-refractivity contribution in [1.29, 1.82) is 0 Å². The molecule has 0 fully saturated rings. The molecule has 0 amide bonds. The van der Waals surface area contributed by atoms with Gasteiger partial charge < -0.3 is 5.32 Å². The first-order chi connectivity index (χ1) is 9.72. The first-order valence-corrected chi connectivity index (χ1v) is 6.58. The summed E-state index contributed by atoms with van der Waals surface area (Å²) in [5, 5.41) is 8.24. The maximum atomic E-state index is 5.88. The van der Waals surface area contributed by atoms with E-state index in [0.29, 0.717) is 5.15 Å². The number of nitrogens with one attached hydrogen (secondary N) is 1. The van der Waals surface area contributed by atoms with Gasteiger partial charge in [-0.15, -0.1) is 0 Å². The molecule has 5 heteroatoms. The summed E-state index contributed by atoms with van der Waals surface area (Å²) in [7, 11) is 1.90. The highest BCUT2D eigenvalue weighted by Gasteiger charge is 2.07. The van der Waals surface area contributed by atoms with Crippen LogP contribution in [0.5, 0.6) is 0 Å². The summed E-state index contributed by atoms with van der Waals surface area (Å²) in [4.78, 5) is 3.96. The molecule has 1 N–H and O–H groups in total. The maximum Gasteiger partial charge on any atom is 0.131 e. The summed E-state index contributed by atoms with van der Waals surface area (Å²) in [6, 6.07) is 15.7. The van der Waals surface area contributed by atoms with Gasteiger partial charge in [0.2, 0.25) is 0 Å². The van der Waals surface area contributed by atoms with E-state index < -0.39 is 0 Å². The molecule has 0 aliphatic heterocycles. The van der Waals surface area contributed by atoms with Crippen LogP contribution in [-0.4, -0.2) is 14.8 Å². The first-order valence-electron chi connectivity index (χ1n) is 6.20. The molecule has 2 heterocycles. The summed E-state index contributed by atoms with van der Waals surface area (Å²) in [6.07, 6.45) is 1.67. The zero-order chi connectivity index (χ0) is 13.9. The van der Waals surface area contributed by atoms with Gasteiger partial charge in [-0.1, -0.05) is 41.9 Å². The molecule has 0 saturated heterocycles. The van der Waals surface area contributed by atoms with Gasteiger partial charge in [-0.25, -0.2) is 4.98 Å². The van der Waals surface area contributed by atoms with E-state index in [9.17, 15) is 0 Å². The van der Waals surface area contributed by atoms with E-state index in [0.717, 1.165) is 22.8 Å². The van der Waals surface area contributed by atoms with E-state index in [-0.39, 0.29) is 0 Å². The molecule has 0 unspecified atom stereocenters. The van der Waals surface area contributed by atoms with Gasteiger partial charge in [-0.05, 0) is 12.1 Å². The molecule has 3 aromatic rings. The van der Waals surface area contributed by atoms with Crippen molar-refractivity contribution in [2.24, 2.45) is 7.05 Å². The van der Waals surface area contributed by atoms with Gasteiger partial charge in [0.1, 0.15) is 11.0 Å². The summed E-state index contributed by atoms with van der Waals surface area (Å²) >= 11 is 5.88. The van der Waals surface area contributed by atoms with Crippen LogP contribution in [0.15, 0.2) is 54.7 Å². The number of anilines is 2. The fourth-order valence-electron chi connectivity index (χ4n) is 1.96. The Hall–Kier alpha value is -2.33. The Morgan fingerprint density at radius 3 is 2.65 bits per heavy atom. The van der Waals surface area contributed by atoms with Gasteiger partial charge in [-0.2, -0.15) is 5.10 Å². The van der Waals surface area contributed by atoms with Gasteiger partial charge >= 0.3 is 0 Å². The topological polar surface area (TPSA) is 42.7 Å². The second-order valence-electron chi connectivity index (χ2n) is 4.40. The molecule has 0 radical (unpaired) electrons. The number of hydrogen-bond acceptors (Lipinski definition) is 3. The van der Waals surface area contributed by atoms with Crippen molar-refractivity contribution >= 4 is 23.1 Å². The summed E-state index contributed by atoms with van der Waals surface area (Å²) in [5.74, 6) is 0.895. The lowest BCUT2D eigenvalue weighted by Crippen LogP contribution is -1.99. The number of aryl methyl sites for hydroxylation is 1. The third kappa shape index (κ3) is 2.65. The zero-order valence-corrected chi connectivity index (χ0v) is 11.7. The fourth-order valence-corrected chi connectivity index (χ4v) is 2.14. The second kappa shape index (κ2) is 5.35. The Bertz CT molecular complexity index is 722. The summed E-state index contributed by atoms with van der Waals surface area (Å²) in [5.41, 5.74) is 2.90. The van der Waals surface area contributed by atoms with E-state index in [1.165, 1.54) is 0 Å². The molecule has 2 aromatic heterocycles. The monoisotopic (exact) mass is 284 g/mol. The normalized spacial score (nSPS) is 10.5. The highest BCUT2D eigenvalue weighted by Crippen LogP contribution is 2.24. The van der Waals surface area contributed by atoms with Gasteiger partial charge in [0.15, 0.2) is 0 Å². The summed E-state index contributed by atoms with van der Waals surface area (Å²) < 4.78 is 1.80. The van der Waals surface area contributed by atoms with Crippen molar-refractivity contribution in [3.05, 3.63) is 59.9 Å². The summed E-state index contributed by atoms with van der Waals surface area (Å²) in [6.45, 7) is 0. The number of rotatable bonds is 3. The fraction of sp³-hybridized carbons (Fsp3) is 0.0667.